The van der Waals surface area contributed by atoms with Gasteiger partial charge in [-0.15, -0.1) is 0 Å². The van der Waals surface area contributed by atoms with Gasteiger partial charge in [-0.05, 0) is 19.4 Å². The van der Waals surface area contributed by atoms with Crippen molar-refractivity contribution in [3.8, 4) is 0 Å². The lowest BCUT2D eigenvalue weighted by Gasteiger charge is -2.34. The third kappa shape index (κ3) is 4.52. The predicted octanol–water partition coefficient (Wildman–Crippen LogP) is 3.24. The minimum Gasteiger partial charge on any atom is -0.459 e. The maximum absolute atomic E-state index is 11.4. The lowest BCUT2D eigenvalue weighted by Crippen LogP contribution is -2.38. The van der Waals surface area contributed by atoms with Crippen molar-refractivity contribution >= 4 is 5.97 Å². The van der Waals surface area contributed by atoms with Crippen molar-refractivity contribution in [2.75, 3.05) is 0 Å². The Morgan fingerprint density at radius 1 is 1.21 bits per heavy atom. The van der Waals surface area contributed by atoms with E-state index in [1.165, 1.54) is 11.6 Å². The van der Waals surface area contributed by atoms with Crippen LogP contribution >= 0.6 is 0 Å². The van der Waals surface area contributed by atoms with Crippen LogP contribution in [0.3, 0.4) is 0 Å². The second kappa shape index (κ2) is 6.53. The summed E-state index contributed by atoms with van der Waals surface area (Å²) < 4.78 is 11.0. The zero-order chi connectivity index (χ0) is 13.7. The molecule has 0 heterocycles. The van der Waals surface area contributed by atoms with Crippen molar-refractivity contribution < 1.29 is 14.3 Å². The van der Waals surface area contributed by atoms with E-state index in [-0.39, 0.29) is 18.2 Å². The predicted molar refractivity (Wildman–Crippen MR) is 73.6 cm³/mol. The molecule has 1 aliphatic carbocycles. The van der Waals surface area contributed by atoms with Gasteiger partial charge in [-0.3, -0.25) is 0 Å². The van der Waals surface area contributed by atoms with Crippen LogP contribution in [0, 0.1) is 0 Å². The van der Waals surface area contributed by atoms with Crippen LogP contribution in [-0.2, 0) is 20.9 Å². The maximum atomic E-state index is 11.4. The highest BCUT2D eigenvalue weighted by Gasteiger charge is 2.32. The molecule has 1 aromatic carbocycles. The van der Waals surface area contributed by atoms with Gasteiger partial charge < -0.3 is 9.47 Å². The fourth-order valence-electron chi connectivity index (χ4n) is 1.97. The van der Waals surface area contributed by atoms with Crippen LogP contribution in [0.4, 0.5) is 0 Å². The Kier molecular flexibility index (Phi) is 4.74. The van der Waals surface area contributed by atoms with E-state index in [0.29, 0.717) is 6.61 Å². The summed E-state index contributed by atoms with van der Waals surface area (Å²) in [6.45, 7) is 4.39. The molecule has 0 saturated heterocycles. The van der Waals surface area contributed by atoms with Crippen molar-refractivity contribution in [3.63, 3.8) is 0 Å². The molecule has 102 valence electrons. The number of hydrogen-bond acceptors (Lipinski definition) is 3. The van der Waals surface area contributed by atoms with Crippen LogP contribution in [0.15, 0.2) is 42.0 Å². The van der Waals surface area contributed by atoms with Gasteiger partial charge in [0.2, 0.25) is 0 Å². The quantitative estimate of drug-likeness (QED) is 0.602. The zero-order valence-electron chi connectivity index (χ0n) is 11.5. The van der Waals surface area contributed by atoms with Crippen LogP contribution in [0.5, 0.6) is 0 Å². The number of benzene rings is 1. The molecule has 19 heavy (non-hydrogen) atoms. The normalized spacial score (nSPS) is 21.4. The van der Waals surface area contributed by atoms with Crippen molar-refractivity contribution in [3.05, 3.63) is 47.5 Å². The summed E-state index contributed by atoms with van der Waals surface area (Å²) >= 11 is 0. The molecule has 0 atom stereocenters. The number of ether oxygens (including phenoxy) is 2. The summed E-state index contributed by atoms with van der Waals surface area (Å²) in [5.74, 6) is -0.244. The first-order valence-electron chi connectivity index (χ1n) is 6.64. The highest BCUT2D eigenvalue weighted by molar-refractivity contribution is 5.82. The van der Waals surface area contributed by atoms with Crippen molar-refractivity contribution in [2.45, 2.75) is 45.5 Å². The zero-order valence-corrected chi connectivity index (χ0v) is 11.5. The van der Waals surface area contributed by atoms with Crippen LogP contribution in [0.2, 0.25) is 0 Å². The summed E-state index contributed by atoms with van der Waals surface area (Å²) in [5, 5.41) is 0. The average Bonchev–Trinajstić information content (AvgIpc) is 2.32. The Bertz CT molecular complexity index is 440. The fourth-order valence-corrected chi connectivity index (χ4v) is 1.97. The molecule has 1 fully saturated rings. The Labute approximate surface area is 114 Å². The van der Waals surface area contributed by atoms with Gasteiger partial charge >= 0.3 is 5.97 Å². The molecule has 1 saturated carbocycles. The van der Waals surface area contributed by atoms with Crippen molar-refractivity contribution in [1.82, 2.24) is 0 Å². The molecular formula is C16H20O3. The minimum atomic E-state index is -0.244. The first kappa shape index (κ1) is 13.8. The van der Waals surface area contributed by atoms with Gasteiger partial charge in [0.1, 0.15) is 6.10 Å². The van der Waals surface area contributed by atoms with Crippen LogP contribution < -0.4 is 0 Å². The summed E-state index contributed by atoms with van der Waals surface area (Å²) in [7, 11) is 0. The van der Waals surface area contributed by atoms with E-state index in [2.05, 4.69) is 0 Å². The molecule has 0 spiro atoms. The Morgan fingerprint density at radius 2 is 1.89 bits per heavy atom. The molecule has 0 radical (unpaired) electrons. The van der Waals surface area contributed by atoms with E-state index in [9.17, 15) is 4.79 Å². The molecule has 0 aliphatic heterocycles. The third-order valence-electron chi connectivity index (χ3n) is 3.07. The van der Waals surface area contributed by atoms with E-state index in [4.69, 9.17) is 9.47 Å². The monoisotopic (exact) mass is 260 g/mol. The van der Waals surface area contributed by atoms with Gasteiger partial charge in [0.25, 0.3) is 0 Å². The minimum absolute atomic E-state index is 0.0175. The first-order valence-corrected chi connectivity index (χ1v) is 6.64. The smallest absolute Gasteiger partial charge is 0.330 e. The average molecular weight is 260 g/mol. The van der Waals surface area contributed by atoms with E-state index in [1.807, 2.05) is 44.2 Å². The summed E-state index contributed by atoms with van der Waals surface area (Å²) in [6, 6.07) is 10.1. The number of esters is 1. The van der Waals surface area contributed by atoms with Crippen molar-refractivity contribution in [2.24, 2.45) is 0 Å². The molecule has 2 rings (SSSR count). The molecule has 0 aromatic heterocycles. The molecule has 0 amide bonds. The number of carbonyl (C=O) groups is 1. The number of hydrogen-bond donors (Lipinski definition) is 0. The maximum Gasteiger partial charge on any atom is 0.330 e. The van der Waals surface area contributed by atoms with Crippen LogP contribution in [0.1, 0.15) is 32.3 Å². The largest absolute Gasteiger partial charge is 0.459 e. The van der Waals surface area contributed by atoms with Gasteiger partial charge in [-0.1, -0.05) is 35.9 Å². The summed E-state index contributed by atoms with van der Waals surface area (Å²) in [5.41, 5.74) is 2.13. The molecule has 3 heteroatoms. The van der Waals surface area contributed by atoms with Crippen LogP contribution in [-0.4, -0.2) is 18.2 Å². The van der Waals surface area contributed by atoms with E-state index in [1.54, 1.807) is 0 Å². The fraction of sp³-hybridized carbons (Fsp3) is 0.438. The van der Waals surface area contributed by atoms with Crippen molar-refractivity contribution in [1.29, 1.82) is 0 Å². The molecule has 3 nitrogen and oxygen atoms in total. The summed E-state index contributed by atoms with van der Waals surface area (Å²) in [4.78, 5) is 11.4. The molecule has 1 aliphatic rings. The second-order valence-corrected chi connectivity index (χ2v) is 5.17. The highest BCUT2D eigenvalue weighted by Crippen LogP contribution is 2.27. The Balaban J connectivity index is 1.64. The Hall–Kier alpha value is -1.61. The molecule has 1 aromatic rings. The van der Waals surface area contributed by atoms with Gasteiger partial charge in [0.15, 0.2) is 0 Å². The van der Waals surface area contributed by atoms with Gasteiger partial charge in [0.05, 0.1) is 12.7 Å². The highest BCUT2D eigenvalue weighted by atomic mass is 16.6. The van der Waals surface area contributed by atoms with E-state index < -0.39 is 0 Å². The van der Waals surface area contributed by atoms with Crippen LogP contribution in [0.25, 0.3) is 0 Å². The SMILES string of the molecule is CC(C)=CC(=O)OC1CC(OCc2ccccc2)C1. The number of allylic oxidation sites excluding steroid dienone is 1. The van der Waals surface area contributed by atoms with Gasteiger partial charge in [0, 0.05) is 18.9 Å². The number of carbonyl (C=O) groups excluding carboxylic acids is 1. The third-order valence-corrected chi connectivity index (χ3v) is 3.07. The second-order valence-electron chi connectivity index (χ2n) is 5.17. The topological polar surface area (TPSA) is 35.5 Å². The Morgan fingerprint density at radius 3 is 2.53 bits per heavy atom. The molecule has 0 N–H and O–H groups in total. The van der Waals surface area contributed by atoms with Gasteiger partial charge in [-0.2, -0.15) is 0 Å². The van der Waals surface area contributed by atoms with E-state index in [0.717, 1.165) is 18.4 Å². The molecular weight excluding hydrogens is 240 g/mol. The molecule has 0 bridgehead atoms. The lowest BCUT2D eigenvalue weighted by atomic mass is 9.92. The van der Waals surface area contributed by atoms with Gasteiger partial charge in [-0.25, -0.2) is 4.79 Å². The first-order chi connectivity index (χ1) is 9.13. The summed E-state index contributed by atoms with van der Waals surface area (Å²) in [6.07, 6.45) is 3.36. The van der Waals surface area contributed by atoms with E-state index >= 15 is 0 Å². The number of rotatable bonds is 5. The molecule has 0 unspecified atom stereocenters. The standard InChI is InChI=1S/C16H20O3/c1-12(2)8-16(17)19-15-9-14(10-15)18-11-13-6-4-3-5-7-13/h3-8,14-15H,9-11H2,1-2H3. The lowest BCUT2D eigenvalue weighted by molar-refractivity contribution is -0.157.